The predicted molar refractivity (Wildman–Crippen MR) is 99.0 cm³/mol. The van der Waals surface area contributed by atoms with Gasteiger partial charge in [0.15, 0.2) is 0 Å². The molecule has 0 aromatic carbocycles. The van der Waals surface area contributed by atoms with Crippen molar-refractivity contribution in [1.82, 2.24) is 19.8 Å². The van der Waals surface area contributed by atoms with Crippen LogP contribution in [0.15, 0.2) is 12.4 Å². The van der Waals surface area contributed by atoms with Crippen molar-refractivity contribution in [1.29, 1.82) is 0 Å². The van der Waals surface area contributed by atoms with E-state index in [0.717, 1.165) is 50.8 Å². The molecule has 0 bridgehead atoms. The van der Waals surface area contributed by atoms with Gasteiger partial charge in [0.25, 0.3) is 5.91 Å². The Bertz CT molecular complexity index is 636. The minimum Gasteiger partial charge on any atom is -0.380 e. The fourth-order valence-electron chi connectivity index (χ4n) is 4.44. The van der Waals surface area contributed by atoms with E-state index in [1.807, 2.05) is 11.8 Å². The number of rotatable bonds is 5. The summed E-state index contributed by atoms with van der Waals surface area (Å²) in [6, 6.07) is 0.527. The van der Waals surface area contributed by atoms with Crippen LogP contribution in [-0.4, -0.2) is 70.6 Å². The third-order valence-electron chi connectivity index (χ3n) is 6.58. The number of carbonyl (C=O) groups is 1. The van der Waals surface area contributed by atoms with Crippen molar-refractivity contribution < 1.29 is 9.53 Å². The lowest BCUT2D eigenvalue weighted by Gasteiger charge is -2.45. The Morgan fingerprint density at radius 2 is 1.92 bits per heavy atom. The number of ether oxygens (including phenoxy) is 1. The second-order valence-electron chi connectivity index (χ2n) is 8.34. The van der Waals surface area contributed by atoms with E-state index >= 15 is 0 Å². The molecular formula is C20H30N4O2. The summed E-state index contributed by atoms with van der Waals surface area (Å²) in [5.74, 6) is 0.840. The lowest BCUT2D eigenvalue weighted by molar-refractivity contribution is 0.0171. The molecule has 1 atom stereocenters. The lowest BCUT2D eigenvalue weighted by Crippen LogP contribution is -2.54. The van der Waals surface area contributed by atoms with Crippen LogP contribution in [0, 0.1) is 12.8 Å². The van der Waals surface area contributed by atoms with Gasteiger partial charge in [-0.3, -0.25) is 14.7 Å². The second kappa shape index (κ2) is 7.24. The molecule has 1 spiro atoms. The molecule has 0 N–H and O–H groups in total. The van der Waals surface area contributed by atoms with E-state index in [9.17, 15) is 4.79 Å². The molecule has 26 heavy (non-hydrogen) atoms. The van der Waals surface area contributed by atoms with Gasteiger partial charge in [0, 0.05) is 37.5 Å². The smallest absolute Gasteiger partial charge is 0.274 e. The molecule has 1 amide bonds. The topological polar surface area (TPSA) is 58.6 Å². The summed E-state index contributed by atoms with van der Waals surface area (Å²) in [7, 11) is 2.25. The first-order chi connectivity index (χ1) is 12.6. The van der Waals surface area contributed by atoms with Crippen LogP contribution in [0.3, 0.4) is 0 Å². The van der Waals surface area contributed by atoms with Crippen LogP contribution in [0.2, 0.25) is 0 Å². The standard InChI is InChI=1S/C20H30N4O2/c1-15-11-22-18(12-21-15)19(25)24-9-7-20(8-10-24)6-5-17(23(20)2)14-26-13-16-3-4-16/h11-12,16-17H,3-10,13-14H2,1-2H3/t17-/m0/s1. The molecule has 6 nitrogen and oxygen atoms in total. The van der Waals surface area contributed by atoms with E-state index in [4.69, 9.17) is 4.74 Å². The van der Waals surface area contributed by atoms with Crippen molar-refractivity contribution in [3.63, 3.8) is 0 Å². The third-order valence-corrected chi connectivity index (χ3v) is 6.58. The van der Waals surface area contributed by atoms with Gasteiger partial charge < -0.3 is 9.64 Å². The van der Waals surface area contributed by atoms with E-state index in [1.165, 1.54) is 25.7 Å². The van der Waals surface area contributed by atoms with Gasteiger partial charge in [-0.15, -0.1) is 0 Å². The summed E-state index contributed by atoms with van der Waals surface area (Å²) in [5.41, 5.74) is 1.53. The number of piperidine rings is 1. The minimum absolute atomic E-state index is 0.0114. The van der Waals surface area contributed by atoms with E-state index in [1.54, 1.807) is 12.4 Å². The van der Waals surface area contributed by atoms with Crippen molar-refractivity contribution in [2.24, 2.45) is 5.92 Å². The SMILES string of the molecule is Cc1cnc(C(=O)N2CCC3(CC[C@@H](COCC4CC4)N3C)CC2)cn1. The predicted octanol–water partition coefficient (Wildman–Crippen LogP) is 2.28. The first-order valence-electron chi connectivity index (χ1n) is 9.96. The van der Waals surface area contributed by atoms with Crippen LogP contribution in [0.1, 0.15) is 54.7 Å². The molecule has 1 aromatic heterocycles. The zero-order valence-electron chi connectivity index (χ0n) is 16.0. The molecule has 142 valence electrons. The molecular weight excluding hydrogens is 328 g/mol. The first-order valence-corrected chi connectivity index (χ1v) is 9.96. The maximum Gasteiger partial charge on any atom is 0.274 e. The van der Waals surface area contributed by atoms with Gasteiger partial charge in [-0.2, -0.15) is 0 Å². The van der Waals surface area contributed by atoms with E-state index in [0.29, 0.717) is 11.7 Å². The highest BCUT2D eigenvalue weighted by Crippen LogP contribution is 2.41. The van der Waals surface area contributed by atoms with Crippen LogP contribution in [0.4, 0.5) is 0 Å². The average Bonchev–Trinajstić information content (AvgIpc) is 3.44. The number of aromatic nitrogens is 2. The molecule has 1 saturated carbocycles. The van der Waals surface area contributed by atoms with Gasteiger partial charge in [0.1, 0.15) is 5.69 Å². The number of likely N-dealkylation sites (tertiary alicyclic amines) is 2. The number of hydrogen-bond acceptors (Lipinski definition) is 5. The minimum atomic E-state index is 0.0114. The Balaban J connectivity index is 1.30. The summed E-state index contributed by atoms with van der Waals surface area (Å²) in [5, 5.41) is 0. The fraction of sp³-hybridized carbons (Fsp3) is 0.750. The van der Waals surface area contributed by atoms with E-state index < -0.39 is 0 Å². The molecule has 2 aliphatic heterocycles. The molecule has 6 heteroatoms. The number of carbonyl (C=O) groups excluding carboxylic acids is 1. The van der Waals surface area contributed by atoms with Crippen LogP contribution in [0.25, 0.3) is 0 Å². The molecule has 0 unspecified atom stereocenters. The van der Waals surface area contributed by atoms with Gasteiger partial charge in [0.2, 0.25) is 0 Å². The summed E-state index contributed by atoms with van der Waals surface area (Å²) in [4.78, 5) is 25.6. The Kier molecular flexibility index (Phi) is 4.97. The van der Waals surface area contributed by atoms with Crippen LogP contribution >= 0.6 is 0 Å². The monoisotopic (exact) mass is 358 g/mol. The molecule has 2 saturated heterocycles. The highest BCUT2D eigenvalue weighted by atomic mass is 16.5. The van der Waals surface area contributed by atoms with Gasteiger partial charge in [0.05, 0.1) is 18.5 Å². The molecule has 1 aliphatic carbocycles. The molecule has 4 rings (SSSR count). The molecule has 3 aliphatic rings. The Labute approximate surface area is 155 Å². The molecule has 1 aromatic rings. The van der Waals surface area contributed by atoms with Crippen molar-refractivity contribution in [2.75, 3.05) is 33.4 Å². The first kappa shape index (κ1) is 17.9. The highest BCUT2D eigenvalue weighted by molar-refractivity contribution is 5.92. The number of hydrogen-bond donors (Lipinski definition) is 0. The van der Waals surface area contributed by atoms with Gasteiger partial charge in [-0.05, 0) is 58.4 Å². The zero-order valence-corrected chi connectivity index (χ0v) is 16.0. The van der Waals surface area contributed by atoms with Crippen LogP contribution in [-0.2, 0) is 4.74 Å². The Morgan fingerprint density at radius 3 is 2.58 bits per heavy atom. The van der Waals surface area contributed by atoms with Crippen molar-refractivity contribution >= 4 is 5.91 Å². The number of aryl methyl sites for hydroxylation is 1. The normalized spacial score (nSPS) is 25.8. The number of nitrogens with zero attached hydrogens (tertiary/aromatic N) is 4. The Hall–Kier alpha value is -1.53. The maximum absolute atomic E-state index is 12.7. The second-order valence-corrected chi connectivity index (χ2v) is 8.34. The van der Waals surface area contributed by atoms with E-state index in [2.05, 4.69) is 21.9 Å². The highest BCUT2D eigenvalue weighted by Gasteiger charge is 2.46. The third kappa shape index (κ3) is 3.62. The maximum atomic E-state index is 12.7. The molecule has 3 heterocycles. The van der Waals surface area contributed by atoms with E-state index in [-0.39, 0.29) is 11.4 Å². The average molecular weight is 358 g/mol. The molecule has 0 radical (unpaired) electrons. The fourth-order valence-corrected chi connectivity index (χ4v) is 4.44. The quantitative estimate of drug-likeness (QED) is 0.808. The molecule has 3 fully saturated rings. The van der Waals surface area contributed by atoms with Gasteiger partial charge in [-0.25, -0.2) is 4.98 Å². The zero-order chi connectivity index (χ0) is 18.1. The Morgan fingerprint density at radius 1 is 1.15 bits per heavy atom. The van der Waals surface area contributed by atoms with Crippen molar-refractivity contribution in [3.05, 3.63) is 23.8 Å². The number of amides is 1. The van der Waals surface area contributed by atoms with Crippen molar-refractivity contribution in [2.45, 2.75) is 57.0 Å². The largest absolute Gasteiger partial charge is 0.380 e. The van der Waals surface area contributed by atoms with Crippen LogP contribution in [0.5, 0.6) is 0 Å². The van der Waals surface area contributed by atoms with Crippen LogP contribution < -0.4 is 0 Å². The summed E-state index contributed by atoms with van der Waals surface area (Å²) < 4.78 is 5.95. The summed E-state index contributed by atoms with van der Waals surface area (Å²) >= 11 is 0. The van der Waals surface area contributed by atoms with Gasteiger partial charge >= 0.3 is 0 Å². The lowest BCUT2D eigenvalue weighted by atomic mass is 9.85. The summed E-state index contributed by atoms with van der Waals surface area (Å²) in [6.45, 7) is 5.28. The van der Waals surface area contributed by atoms with Gasteiger partial charge in [-0.1, -0.05) is 0 Å². The summed E-state index contributed by atoms with van der Waals surface area (Å²) in [6.07, 6.45) is 10.4. The van der Waals surface area contributed by atoms with Crippen molar-refractivity contribution in [3.8, 4) is 0 Å². The number of likely N-dealkylation sites (N-methyl/N-ethyl adjacent to an activating group) is 1.